The van der Waals surface area contributed by atoms with Gasteiger partial charge in [-0.2, -0.15) is 0 Å². The van der Waals surface area contributed by atoms with Crippen molar-refractivity contribution < 1.29 is 9.53 Å². The lowest BCUT2D eigenvalue weighted by atomic mass is 10.1. The normalized spacial score (nSPS) is 17.6. The summed E-state index contributed by atoms with van der Waals surface area (Å²) in [4.78, 5) is 21.0. The smallest absolute Gasteiger partial charge is 0.223 e. The molecule has 1 atom stereocenters. The minimum Gasteiger partial charge on any atom is -0.383 e. The molecule has 1 saturated heterocycles. The number of aromatic nitrogens is 1. The first-order chi connectivity index (χ1) is 12.2. The third-order valence-corrected chi connectivity index (χ3v) is 5.37. The fourth-order valence-electron chi connectivity index (χ4n) is 3.27. The predicted octanol–water partition coefficient (Wildman–Crippen LogP) is 2.74. The molecule has 5 nitrogen and oxygen atoms in total. The van der Waals surface area contributed by atoms with Crippen LogP contribution >= 0.6 is 11.3 Å². The summed E-state index contributed by atoms with van der Waals surface area (Å²) in [5.74, 6) is 0.636. The van der Waals surface area contributed by atoms with Crippen molar-refractivity contribution in [3.63, 3.8) is 0 Å². The Labute approximate surface area is 153 Å². The van der Waals surface area contributed by atoms with E-state index in [4.69, 9.17) is 9.72 Å². The Morgan fingerprint density at radius 2 is 2.16 bits per heavy atom. The maximum atomic E-state index is 12.0. The fraction of sp³-hybridized carbons (Fsp3) is 0.474. The van der Waals surface area contributed by atoms with Gasteiger partial charge in [0.25, 0.3) is 0 Å². The zero-order chi connectivity index (χ0) is 17.6. The number of carbonyl (C=O) groups excluding carboxylic acids is 1. The molecule has 1 fully saturated rings. The zero-order valence-corrected chi connectivity index (χ0v) is 15.7. The number of ether oxygens (including phenoxy) is 1. The first-order valence-electron chi connectivity index (χ1n) is 8.61. The van der Waals surface area contributed by atoms with Crippen molar-refractivity contribution in [2.24, 2.45) is 5.92 Å². The number of carbonyl (C=O) groups is 1. The SMILES string of the molecule is COCCN1C[C@H](CN(C)Cc2csc(-c3ccccc3)n2)CC1=O. The molecule has 0 unspecified atom stereocenters. The number of nitrogens with zero attached hydrogens (tertiary/aromatic N) is 3. The number of amides is 1. The Morgan fingerprint density at radius 3 is 2.92 bits per heavy atom. The molecule has 3 rings (SSSR count). The lowest BCUT2D eigenvalue weighted by Crippen LogP contribution is -2.31. The number of methoxy groups -OCH3 is 1. The van der Waals surface area contributed by atoms with Gasteiger partial charge in [-0.05, 0) is 13.0 Å². The summed E-state index contributed by atoms with van der Waals surface area (Å²) in [5.41, 5.74) is 2.25. The van der Waals surface area contributed by atoms with Crippen molar-refractivity contribution in [1.82, 2.24) is 14.8 Å². The minimum atomic E-state index is 0.246. The number of rotatable bonds is 8. The maximum Gasteiger partial charge on any atom is 0.223 e. The highest BCUT2D eigenvalue weighted by Crippen LogP contribution is 2.24. The summed E-state index contributed by atoms with van der Waals surface area (Å²) in [6, 6.07) is 10.3. The van der Waals surface area contributed by atoms with Crippen LogP contribution in [0.1, 0.15) is 12.1 Å². The van der Waals surface area contributed by atoms with Crippen LogP contribution in [0.2, 0.25) is 0 Å². The van der Waals surface area contributed by atoms with Crippen LogP contribution in [0.4, 0.5) is 0 Å². The van der Waals surface area contributed by atoms with E-state index in [1.54, 1.807) is 18.4 Å². The summed E-state index contributed by atoms with van der Waals surface area (Å²) in [6.45, 7) is 3.86. The van der Waals surface area contributed by atoms with Crippen LogP contribution in [0.3, 0.4) is 0 Å². The van der Waals surface area contributed by atoms with Gasteiger partial charge in [-0.3, -0.25) is 4.79 Å². The van der Waals surface area contributed by atoms with E-state index < -0.39 is 0 Å². The zero-order valence-electron chi connectivity index (χ0n) is 14.9. The predicted molar refractivity (Wildman–Crippen MR) is 100 cm³/mol. The van der Waals surface area contributed by atoms with Crippen LogP contribution in [0.15, 0.2) is 35.7 Å². The molecule has 0 radical (unpaired) electrons. The van der Waals surface area contributed by atoms with Gasteiger partial charge >= 0.3 is 0 Å². The van der Waals surface area contributed by atoms with Crippen LogP contribution in [0.25, 0.3) is 10.6 Å². The van der Waals surface area contributed by atoms with Gasteiger partial charge in [0.1, 0.15) is 5.01 Å². The number of hydrogen-bond acceptors (Lipinski definition) is 5. The minimum absolute atomic E-state index is 0.246. The summed E-state index contributed by atoms with van der Waals surface area (Å²) in [7, 11) is 3.77. The van der Waals surface area contributed by atoms with E-state index in [0.717, 1.165) is 35.9 Å². The van der Waals surface area contributed by atoms with Crippen molar-refractivity contribution >= 4 is 17.2 Å². The molecule has 0 bridgehead atoms. The molecule has 0 aliphatic carbocycles. The lowest BCUT2D eigenvalue weighted by molar-refractivity contribution is -0.128. The van der Waals surface area contributed by atoms with E-state index in [1.165, 1.54) is 0 Å². The molecule has 1 aromatic carbocycles. The Bertz CT molecular complexity index is 689. The highest BCUT2D eigenvalue weighted by atomic mass is 32.1. The van der Waals surface area contributed by atoms with Gasteiger partial charge in [0.2, 0.25) is 5.91 Å². The van der Waals surface area contributed by atoms with E-state index in [-0.39, 0.29) is 5.91 Å². The second-order valence-electron chi connectivity index (χ2n) is 6.61. The fourth-order valence-corrected chi connectivity index (χ4v) is 4.09. The van der Waals surface area contributed by atoms with Crippen molar-refractivity contribution in [2.75, 3.05) is 40.4 Å². The van der Waals surface area contributed by atoms with Crippen molar-refractivity contribution in [2.45, 2.75) is 13.0 Å². The van der Waals surface area contributed by atoms with Gasteiger partial charge in [-0.1, -0.05) is 30.3 Å². The van der Waals surface area contributed by atoms with Gasteiger partial charge in [-0.15, -0.1) is 11.3 Å². The van der Waals surface area contributed by atoms with Gasteiger partial charge in [-0.25, -0.2) is 4.98 Å². The number of benzene rings is 1. The van der Waals surface area contributed by atoms with Crippen molar-refractivity contribution in [3.8, 4) is 10.6 Å². The highest BCUT2D eigenvalue weighted by Gasteiger charge is 2.29. The quantitative estimate of drug-likeness (QED) is 0.727. The van der Waals surface area contributed by atoms with Crippen LogP contribution in [0.5, 0.6) is 0 Å². The summed E-state index contributed by atoms with van der Waals surface area (Å²) in [6.07, 6.45) is 0.639. The van der Waals surface area contributed by atoms with Gasteiger partial charge in [0.05, 0.1) is 12.3 Å². The molecule has 25 heavy (non-hydrogen) atoms. The molecule has 2 aromatic rings. The molecule has 6 heteroatoms. The molecule has 1 aliphatic rings. The van der Waals surface area contributed by atoms with Crippen LogP contribution < -0.4 is 0 Å². The van der Waals surface area contributed by atoms with Crippen molar-refractivity contribution in [1.29, 1.82) is 0 Å². The van der Waals surface area contributed by atoms with Crippen molar-refractivity contribution in [3.05, 3.63) is 41.4 Å². The largest absolute Gasteiger partial charge is 0.383 e. The molecule has 0 N–H and O–H groups in total. The van der Waals surface area contributed by atoms with Gasteiger partial charge < -0.3 is 14.5 Å². The average molecular weight is 359 g/mol. The number of hydrogen-bond donors (Lipinski definition) is 0. The van der Waals surface area contributed by atoms with Crippen LogP contribution in [-0.4, -0.2) is 61.1 Å². The first-order valence-corrected chi connectivity index (χ1v) is 9.48. The molecular weight excluding hydrogens is 334 g/mol. The first kappa shape index (κ1) is 18.0. The second-order valence-corrected chi connectivity index (χ2v) is 7.47. The third-order valence-electron chi connectivity index (χ3n) is 4.43. The molecule has 0 saturated carbocycles. The Kier molecular flexibility index (Phi) is 6.18. The van der Waals surface area contributed by atoms with Gasteiger partial charge in [0, 0.05) is 50.7 Å². The molecule has 2 heterocycles. The van der Waals surface area contributed by atoms with E-state index in [1.807, 2.05) is 23.1 Å². The van der Waals surface area contributed by atoms with Gasteiger partial charge in [0.15, 0.2) is 0 Å². The Morgan fingerprint density at radius 1 is 1.36 bits per heavy atom. The monoisotopic (exact) mass is 359 g/mol. The molecule has 1 aliphatic heterocycles. The standard InChI is InChI=1S/C19H25N3O2S/c1-21(11-15-10-18(23)22(12-15)8-9-24-2)13-17-14-25-19(20-17)16-6-4-3-5-7-16/h3-7,14-15H,8-13H2,1-2H3/t15-/m0/s1. The third kappa shape index (κ3) is 4.87. The number of thiazole rings is 1. The average Bonchev–Trinajstić information content (AvgIpc) is 3.20. The summed E-state index contributed by atoms with van der Waals surface area (Å²) >= 11 is 1.68. The molecular formula is C19H25N3O2S. The van der Waals surface area contributed by atoms with Crippen LogP contribution in [-0.2, 0) is 16.1 Å². The van der Waals surface area contributed by atoms with E-state index >= 15 is 0 Å². The second kappa shape index (κ2) is 8.56. The van der Waals surface area contributed by atoms with E-state index in [0.29, 0.717) is 25.5 Å². The van der Waals surface area contributed by atoms with E-state index in [2.05, 4.69) is 29.5 Å². The van der Waals surface area contributed by atoms with E-state index in [9.17, 15) is 4.79 Å². The molecule has 1 amide bonds. The number of likely N-dealkylation sites (tertiary alicyclic amines) is 1. The topological polar surface area (TPSA) is 45.7 Å². The van der Waals surface area contributed by atoms with Crippen LogP contribution in [0, 0.1) is 5.92 Å². The Hall–Kier alpha value is -1.76. The highest BCUT2D eigenvalue weighted by molar-refractivity contribution is 7.13. The molecule has 0 spiro atoms. The maximum absolute atomic E-state index is 12.0. The molecule has 1 aromatic heterocycles. The summed E-state index contributed by atoms with van der Waals surface area (Å²) in [5, 5.41) is 3.19. The molecule has 134 valence electrons. The summed E-state index contributed by atoms with van der Waals surface area (Å²) < 4.78 is 5.07. The Balaban J connectivity index is 1.51. The lowest BCUT2D eigenvalue weighted by Gasteiger charge is -2.20.